The van der Waals surface area contributed by atoms with Gasteiger partial charge in [0.15, 0.2) is 5.78 Å². The van der Waals surface area contributed by atoms with E-state index in [1.54, 1.807) is 6.92 Å². The second kappa shape index (κ2) is 3.50. The molecule has 0 spiro atoms. The van der Waals surface area contributed by atoms with Crippen LogP contribution in [-0.2, 0) is 13.0 Å². The van der Waals surface area contributed by atoms with Gasteiger partial charge in [-0.3, -0.25) is 4.79 Å². The smallest absolute Gasteiger partial charge is 0.178 e. The maximum absolute atomic E-state index is 11.1. The molecular formula is C11H14N2O. The maximum Gasteiger partial charge on any atom is 0.178 e. The number of rotatable bonds is 1. The van der Waals surface area contributed by atoms with Crippen LogP contribution in [-0.4, -0.2) is 29.3 Å². The number of fused-ring (bicyclic) bond motifs is 1. The van der Waals surface area contributed by atoms with E-state index < -0.39 is 0 Å². The van der Waals surface area contributed by atoms with Crippen molar-refractivity contribution in [1.82, 2.24) is 9.88 Å². The van der Waals surface area contributed by atoms with Crippen LogP contribution < -0.4 is 0 Å². The summed E-state index contributed by atoms with van der Waals surface area (Å²) in [6, 6.07) is 3.84. The zero-order valence-electron chi connectivity index (χ0n) is 8.58. The SMILES string of the molecule is CC(=O)c1ccc2c(n1)CCN(C)C2. The van der Waals surface area contributed by atoms with Crippen LogP contribution in [0, 0.1) is 0 Å². The molecule has 0 saturated heterocycles. The number of aromatic nitrogens is 1. The first kappa shape index (κ1) is 9.34. The summed E-state index contributed by atoms with van der Waals surface area (Å²) in [6.07, 6.45) is 0.951. The van der Waals surface area contributed by atoms with E-state index >= 15 is 0 Å². The van der Waals surface area contributed by atoms with E-state index in [1.807, 2.05) is 12.1 Å². The Bertz CT molecular complexity index is 374. The number of carbonyl (C=O) groups excluding carboxylic acids is 1. The molecule has 0 aromatic carbocycles. The molecule has 1 aliphatic rings. The highest BCUT2D eigenvalue weighted by atomic mass is 16.1. The Morgan fingerprint density at radius 3 is 3.00 bits per heavy atom. The third kappa shape index (κ3) is 1.68. The number of nitrogens with zero attached hydrogens (tertiary/aromatic N) is 2. The number of hydrogen-bond donors (Lipinski definition) is 0. The zero-order chi connectivity index (χ0) is 10.1. The summed E-state index contributed by atoms with van der Waals surface area (Å²) in [5.41, 5.74) is 2.94. The maximum atomic E-state index is 11.1. The standard InChI is InChI=1S/C11H14N2O/c1-8(14)10-4-3-9-7-13(2)6-5-11(9)12-10/h3-4H,5-7H2,1-2H3. The first-order valence-corrected chi connectivity index (χ1v) is 4.85. The van der Waals surface area contributed by atoms with Gasteiger partial charge in [-0.2, -0.15) is 0 Å². The minimum atomic E-state index is 0.0479. The predicted octanol–water partition coefficient (Wildman–Crippen LogP) is 1.27. The fraction of sp³-hybridized carbons (Fsp3) is 0.455. The number of Topliss-reactive ketones (excluding diaryl/α,β-unsaturated/α-hetero) is 1. The quantitative estimate of drug-likeness (QED) is 0.625. The van der Waals surface area contributed by atoms with Crippen LogP contribution in [0.5, 0.6) is 0 Å². The van der Waals surface area contributed by atoms with Crippen molar-refractivity contribution in [3.63, 3.8) is 0 Å². The number of hydrogen-bond acceptors (Lipinski definition) is 3. The van der Waals surface area contributed by atoms with E-state index in [-0.39, 0.29) is 5.78 Å². The minimum absolute atomic E-state index is 0.0479. The van der Waals surface area contributed by atoms with Crippen molar-refractivity contribution in [3.05, 3.63) is 29.1 Å². The third-order valence-corrected chi connectivity index (χ3v) is 2.60. The van der Waals surface area contributed by atoms with Gasteiger partial charge in [-0.1, -0.05) is 6.07 Å². The van der Waals surface area contributed by atoms with Gasteiger partial charge in [-0.25, -0.2) is 4.98 Å². The van der Waals surface area contributed by atoms with E-state index in [0.717, 1.165) is 25.2 Å². The Balaban J connectivity index is 2.36. The Morgan fingerprint density at radius 2 is 2.29 bits per heavy atom. The lowest BCUT2D eigenvalue weighted by atomic mass is 10.1. The first-order chi connectivity index (χ1) is 6.66. The monoisotopic (exact) mass is 190 g/mol. The summed E-state index contributed by atoms with van der Waals surface area (Å²) in [7, 11) is 2.10. The van der Waals surface area contributed by atoms with Crippen molar-refractivity contribution in [2.75, 3.05) is 13.6 Å². The minimum Gasteiger partial charge on any atom is -0.302 e. The van der Waals surface area contributed by atoms with Crippen LogP contribution in [0.15, 0.2) is 12.1 Å². The van der Waals surface area contributed by atoms with E-state index in [4.69, 9.17) is 0 Å². The van der Waals surface area contributed by atoms with Crippen molar-refractivity contribution >= 4 is 5.78 Å². The fourth-order valence-corrected chi connectivity index (χ4v) is 1.75. The van der Waals surface area contributed by atoms with Gasteiger partial charge in [0, 0.05) is 32.1 Å². The van der Waals surface area contributed by atoms with Crippen molar-refractivity contribution in [2.45, 2.75) is 19.9 Å². The summed E-state index contributed by atoms with van der Waals surface area (Å²) < 4.78 is 0. The molecule has 0 fully saturated rings. The highest BCUT2D eigenvalue weighted by molar-refractivity contribution is 5.92. The molecule has 2 heterocycles. The molecule has 0 bridgehead atoms. The lowest BCUT2D eigenvalue weighted by Crippen LogP contribution is -2.27. The van der Waals surface area contributed by atoms with Gasteiger partial charge in [0.1, 0.15) is 5.69 Å². The molecule has 0 atom stereocenters. The molecule has 0 amide bonds. The van der Waals surface area contributed by atoms with E-state index in [9.17, 15) is 4.79 Å². The molecule has 1 aliphatic heterocycles. The van der Waals surface area contributed by atoms with Gasteiger partial charge in [0.2, 0.25) is 0 Å². The Kier molecular flexibility index (Phi) is 2.33. The molecule has 14 heavy (non-hydrogen) atoms. The van der Waals surface area contributed by atoms with Gasteiger partial charge in [0.05, 0.1) is 0 Å². The van der Waals surface area contributed by atoms with Gasteiger partial charge < -0.3 is 4.90 Å². The first-order valence-electron chi connectivity index (χ1n) is 4.85. The largest absolute Gasteiger partial charge is 0.302 e. The second-order valence-electron chi connectivity index (χ2n) is 3.85. The Labute approximate surface area is 83.8 Å². The van der Waals surface area contributed by atoms with Crippen LogP contribution in [0.4, 0.5) is 0 Å². The molecule has 0 saturated carbocycles. The summed E-state index contributed by atoms with van der Waals surface area (Å²) >= 11 is 0. The van der Waals surface area contributed by atoms with Crippen molar-refractivity contribution in [3.8, 4) is 0 Å². The Morgan fingerprint density at radius 1 is 1.50 bits per heavy atom. The van der Waals surface area contributed by atoms with Crippen molar-refractivity contribution in [2.24, 2.45) is 0 Å². The summed E-state index contributed by atoms with van der Waals surface area (Å²) in [6.45, 7) is 3.53. The topological polar surface area (TPSA) is 33.2 Å². The van der Waals surface area contributed by atoms with Gasteiger partial charge in [-0.15, -0.1) is 0 Å². The molecular weight excluding hydrogens is 176 g/mol. The number of likely N-dealkylation sites (N-methyl/N-ethyl adjacent to an activating group) is 1. The van der Waals surface area contributed by atoms with Gasteiger partial charge >= 0.3 is 0 Å². The highest BCUT2D eigenvalue weighted by Gasteiger charge is 2.15. The molecule has 74 valence electrons. The fourth-order valence-electron chi connectivity index (χ4n) is 1.75. The van der Waals surface area contributed by atoms with Crippen LogP contribution in [0.25, 0.3) is 0 Å². The van der Waals surface area contributed by atoms with Crippen LogP contribution in [0.2, 0.25) is 0 Å². The average Bonchev–Trinajstić information content (AvgIpc) is 2.16. The predicted molar refractivity (Wildman–Crippen MR) is 54.3 cm³/mol. The molecule has 0 aliphatic carbocycles. The van der Waals surface area contributed by atoms with Crippen LogP contribution >= 0.6 is 0 Å². The van der Waals surface area contributed by atoms with E-state index in [2.05, 4.69) is 16.9 Å². The van der Waals surface area contributed by atoms with Gasteiger partial charge in [-0.05, 0) is 18.7 Å². The zero-order valence-corrected chi connectivity index (χ0v) is 8.58. The molecule has 0 radical (unpaired) electrons. The normalized spacial score (nSPS) is 16.4. The lowest BCUT2D eigenvalue weighted by Gasteiger charge is -2.24. The average molecular weight is 190 g/mol. The van der Waals surface area contributed by atoms with E-state index in [0.29, 0.717) is 5.69 Å². The molecule has 0 unspecified atom stereocenters. The van der Waals surface area contributed by atoms with Crippen molar-refractivity contribution < 1.29 is 4.79 Å². The summed E-state index contributed by atoms with van der Waals surface area (Å²) in [5, 5.41) is 0. The second-order valence-corrected chi connectivity index (χ2v) is 3.85. The van der Waals surface area contributed by atoms with Crippen LogP contribution in [0.1, 0.15) is 28.7 Å². The molecule has 3 heteroatoms. The third-order valence-electron chi connectivity index (χ3n) is 2.60. The van der Waals surface area contributed by atoms with E-state index in [1.165, 1.54) is 5.56 Å². The lowest BCUT2D eigenvalue weighted by molar-refractivity contribution is 0.101. The van der Waals surface area contributed by atoms with Gasteiger partial charge in [0.25, 0.3) is 0 Å². The van der Waals surface area contributed by atoms with Crippen LogP contribution in [0.3, 0.4) is 0 Å². The van der Waals surface area contributed by atoms with Crippen molar-refractivity contribution in [1.29, 1.82) is 0 Å². The number of pyridine rings is 1. The molecule has 3 nitrogen and oxygen atoms in total. The highest BCUT2D eigenvalue weighted by Crippen LogP contribution is 2.16. The molecule has 2 rings (SSSR count). The Hall–Kier alpha value is -1.22. The number of ketones is 1. The molecule has 0 N–H and O–H groups in total. The molecule has 1 aromatic heterocycles. The summed E-state index contributed by atoms with van der Waals surface area (Å²) in [5.74, 6) is 0.0479. The number of carbonyl (C=O) groups is 1. The summed E-state index contributed by atoms with van der Waals surface area (Å²) in [4.78, 5) is 17.8. The molecule has 1 aromatic rings.